The van der Waals surface area contributed by atoms with E-state index in [-0.39, 0.29) is 0 Å². The number of hydrogen-bond donors (Lipinski definition) is 1. The van der Waals surface area contributed by atoms with Gasteiger partial charge in [0, 0.05) is 12.1 Å². The van der Waals surface area contributed by atoms with E-state index in [0.29, 0.717) is 17.5 Å². The van der Waals surface area contributed by atoms with E-state index in [9.17, 15) is 0 Å². The molecule has 1 aliphatic rings. The molecule has 0 aromatic heterocycles. The Morgan fingerprint density at radius 3 is 2.71 bits per heavy atom. The van der Waals surface area contributed by atoms with Crippen molar-refractivity contribution in [2.45, 2.75) is 65.0 Å². The fourth-order valence-electron chi connectivity index (χ4n) is 2.27. The lowest BCUT2D eigenvalue weighted by molar-refractivity contribution is 0.309. The van der Waals surface area contributed by atoms with Gasteiger partial charge in [0.15, 0.2) is 0 Å². The molecule has 0 radical (unpaired) electrons. The molecule has 1 heteroatoms. The van der Waals surface area contributed by atoms with Crippen LogP contribution in [0.15, 0.2) is 12.7 Å². The van der Waals surface area contributed by atoms with Crippen LogP contribution >= 0.6 is 0 Å². The summed E-state index contributed by atoms with van der Waals surface area (Å²) in [5, 5.41) is 3.63. The van der Waals surface area contributed by atoms with E-state index in [1.54, 1.807) is 0 Å². The van der Waals surface area contributed by atoms with Crippen molar-refractivity contribution in [3.63, 3.8) is 0 Å². The molecule has 82 valence electrons. The normalized spacial score (nSPS) is 29.2. The lowest BCUT2D eigenvalue weighted by Crippen LogP contribution is -2.35. The summed E-state index contributed by atoms with van der Waals surface area (Å²) < 4.78 is 0. The van der Waals surface area contributed by atoms with Crippen LogP contribution in [0.25, 0.3) is 0 Å². The van der Waals surface area contributed by atoms with Crippen LogP contribution in [0, 0.1) is 5.41 Å². The third-order valence-electron chi connectivity index (χ3n) is 3.43. The van der Waals surface area contributed by atoms with Gasteiger partial charge in [-0.15, -0.1) is 6.58 Å². The van der Waals surface area contributed by atoms with Gasteiger partial charge in [-0.2, -0.15) is 0 Å². The van der Waals surface area contributed by atoms with Crippen molar-refractivity contribution >= 4 is 0 Å². The molecule has 1 fully saturated rings. The van der Waals surface area contributed by atoms with Gasteiger partial charge in [-0.1, -0.05) is 26.3 Å². The summed E-state index contributed by atoms with van der Waals surface area (Å²) >= 11 is 0. The van der Waals surface area contributed by atoms with Crippen LogP contribution in [0.1, 0.15) is 52.9 Å². The van der Waals surface area contributed by atoms with Gasteiger partial charge < -0.3 is 5.32 Å². The third-order valence-corrected chi connectivity index (χ3v) is 3.43. The van der Waals surface area contributed by atoms with Gasteiger partial charge in [-0.3, -0.25) is 0 Å². The number of nitrogens with one attached hydrogen (secondary N) is 1. The summed E-state index contributed by atoms with van der Waals surface area (Å²) in [5.74, 6) is 0. The van der Waals surface area contributed by atoms with Gasteiger partial charge in [-0.25, -0.2) is 0 Å². The summed E-state index contributed by atoms with van der Waals surface area (Å²) in [6.45, 7) is 10.8. The molecule has 0 bridgehead atoms. The summed E-state index contributed by atoms with van der Waals surface area (Å²) in [5.41, 5.74) is 0.563. The first-order chi connectivity index (χ1) is 6.53. The van der Waals surface area contributed by atoms with Gasteiger partial charge in [0.05, 0.1) is 0 Å². The second-order valence-corrected chi connectivity index (χ2v) is 5.48. The van der Waals surface area contributed by atoms with Crippen molar-refractivity contribution in [3.8, 4) is 0 Å². The van der Waals surface area contributed by atoms with E-state index in [4.69, 9.17) is 0 Å². The van der Waals surface area contributed by atoms with E-state index in [2.05, 4.69) is 32.7 Å². The molecule has 0 aromatic rings. The summed E-state index contributed by atoms with van der Waals surface area (Å²) in [6, 6.07) is 1.17. The fourth-order valence-corrected chi connectivity index (χ4v) is 2.27. The molecule has 2 unspecified atom stereocenters. The Hall–Kier alpha value is -0.300. The average Bonchev–Trinajstić information content (AvgIpc) is 2.28. The molecule has 0 saturated heterocycles. The zero-order valence-electron chi connectivity index (χ0n) is 9.97. The van der Waals surface area contributed by atoms with E-state index < -0.39 is 0 Å². The Kier molecular flexibility index (Phi) is 4.18. The van der Waals surface area contributed by atoms with Gasteiger partial charge >= 0.3 is 0 Å². The minimum absolute atomic E-state index is 0.459. The Morgan fingerprint density at radius 1 is 1.36 bits per heavy atom. The molecule has 0 spiro atoms. The van der Waals surface area contributed by atoms with Gasteiger partial charge in [-0.05, 0) is 38.0 Å². The van der Waals surface area contributed by atoms with Crippen LogP contribution < -0.4 is 5.32 Å². The molecule has 1 aliphatic carbocycles. The topological polar surface area (TPSA) is 12.0 Å². The minimum atomic E-state index is 0.459. The van der Waals surface area contributed by atoms with Crippen molar-refractivity contribution in [1.82, 2.24) is 5.32 Å². The molecule has 0 amide bonds. The largest absolute Gasteiger partial charge is 0.308 e. The van der Waals surface area contributed by atoms with E-state index in [1.807, 2.05) is 6.08 Å². The lowest BCUT2D eigenvalue weighted by atomic mass is 9.85. The first-order valence-electron chi connectivity index (χ1n) is 5.92. The van der Waals surface area contributed by atoms with Crippen molar-refractivity contribution in [1.29, 1.82) is 0 Å². The monoisotopic (exact) mass is 195 g/mol. The van der Waals surface area contributed by atoms with Crippen LogP contribution in [0.4, 0.5) is 0 Å². The molecule has 1 N–H and O–H groups in total. The molecule has 0 heterocycles. The molecular weight excluding hydrogens is 170 g/mol. The summed E-state index contributed by atoms with van der Waals surface area (Å²) in [7, 11) is 0. The maximum absolute atomic E-state index is 3.82. The maximum atomic E-state index is 3.82. The van der Waals surface area contributed by atoms with Gasteiger partial charge in [0.25, 0.3) is 0 Å². The molecule has 1 rings (SSSR count). The van der Waals surface area contributed by atoms with Crippen LogP contribution in [0.3, 0.4) is 0 Å². The Bertz CT molecular complexity index is 184. The average molecular weight is 195 g/mol. The number of rotatable bonds is 3. The van der Waals surface area contributed by atoms with Crippen LogP contribution in [-0.2, 0) is 0 Å². The van der Waals surface area contributed by atoms with Crippen molar-refractivity contribution in [2.24, 2.45) is 5.41 Å². The van der Waals surface area contributed by atoms with E-state index in [1.165, 1.54) is 32.1 Å². The third kappa shape index (κ3) is 3.83. The second kappa shape index (κ2) is 4.97. The maximum Gasteiger partial charge on any atom is 0.0221 e. The van der Waals surface area contributed by atoms with E-state index in [0.717, 1.165) is 0 Å². The van der Waals surface area contributed by atoms with Gasteiger partial charge in [0.2, 0.25) is 0 Å². The van der Waals surface area contributed by atoms with Crippen LogP contribution in [0.2, 0.25) is 0 Å². The molecule has 1 nitrogen and oxygen atoms in total. The van der Waals surface area contributed by atoms with Crippen molar-refractivity contribution in [3.05, 3.63) is 12.7 Å². The molecule has 2 atom stereocenters. The van der Waals surface area contributed by atoms with E-state index >= 15 is 0 Å². The highest BCUT2D eigenvalue weighted by atomic mass is 14.9. The predicted octanol–water partition coefficient (Wildman–Crippen LogP) is 3.51. The molecule has 14 heavy (non-hydrogen) atoms. The summed E-state index contributed by atoms with van der Waals surface area (Å²) in [4.78, 5) is 0. The standard InChI is InChI=1S/C13H25N/c1-5-11(2)14-12-7-6-9-13(3,4)10-8-12/h5,11-12,14H,1,6-10H2,2-4H3. The van der Waals surface area contributed by atoms with Crippen molar-refractivity contribution < 1.29 is 0 Å². The predicted molar refractivity (Wildman–Crippen MR) is 63.4 cm³/mol. The first-order valence-corrected chi connectivity index (χ1v) is 5.92. The summed E-state index contributed by atoms with van der Waals surface area (Å²) in [6.07, 6.45) is 8.76. The Labute approximate surface area is 89.0 Å². The lowest BCUT2D eigenvalue weighted by Gasteiger charge is -2.23. The quantitative estimate of drug-likeness (QED) is 0.537. The zero-order chi connectivity index (χ0) is 10.6. The smallest absolute Gasteiger partial charge is 0.0221 e. The molecule has 0 aromatic carbocycles. The molecule has 0 aliphatic heterocycles. The zero-order valence-corrected chi connectivity index (χ0v) is 9.97. The van der Waals surface area contributed by atoms with Gasteiger partial charge in [0.1, 0.15) is 0 Å². The molecule has 1 saturated carbocycles. The highest BCUT2D eigenvalue weighted by molar-refractivity contribution is 4.87. The highest BCUT2D eigenvalue weighted by Crippen LogP contribution is 2.33. The fraction of sp³-hybridized carbons (Fsp3) is 0.846. The SMILES string of the molecule is C=CC(C)NC1CCCC(C)(C)CC1. The Balaban J connectivity index is 2.38. The van der Waals surface area contributed by atoms with Crippen molar-refractivity contribution in [2.75, 3.05) is 0 Å². The minimum Gasteiger partial charge on any atom is -0.308 e. The highest BCUT2D eigenvalue weighted by Gasteiger charge is 2.24. The molecular formula is C13H25N. The van der Waals surface area contributed by atoms with Crippen LogP contribution in [-0.4, -0.2) is 12.1 Å². The van der Waals surface area contributed by atoms with Crippen LogP contribution in [0.5, 0.6) is 0 Å². The first kappa shape index (κ1) is 11.8. The Morgan fingerprint density at radius 2 is 2.07 bits per heavy atom. The number of hydrogen-bond acceptors (Lipinski definition) is 1. The second-order valence-electron chi connectivity index (χ2n) is 5.48.